The Bertz CT molecular complexity index is 1050. The third-order valence-corrected chi connectivity index (χ3v) is 3.95. The average molecular weight is 367 g/mol. The van der Waals surface area contributed by atoms with Gasteiger partial charge in [0.15, 0.2) is 28.7 Å². The fraction of sp³-hybridized carbons (Fsp3) is 0.176. The van der Waals surface area contributed by atoms with Crippen molar-refractivity contribution in [1.29, 1.82) is 0 Å². The Morgan fingerprint density at radius 3 is 2.85 bits per heavy atom. The Hall–Kier alpha value is -3.82. The highest BCUT2D eigenvalue weighted by molar-refractivity contribution is 5.65. The maximum atomic E-state index is 10.5. The summed E-state index contributed by atoms with van der Waals surface area (Å²) >= 11 is 0. The maximum absolute atomic E-state index is 10.5. The molecule has 0 saturated carbocycles. The first kappa shape index (κ1) is 16.6. The topological polar surface area (TPSA) is 111 Å². The molecule has 0 radical (unpaired) electrons. The number of aromatic amines is 1. The van der Waals surface area contributed by atoms with Crippen molar-refractivity contribution < 1.29 is 14.3 Å². The summed E-state index contributed by atoms with van der Waals surface area (Å²) in [7, 11) is 1.58. The van der Waals surface area contributed by atoms with Crippen LogP contribution in [-0.4, -0.2) is 49.7 Å². The SMILES string of the molecule is COc1ccccc1Oc1nn2c(CCNC=O)n[nH]c2c1-n1cccn1. The zero-order chi connectivity index (χ0) is 18.6. The van der Waals surface area contributed by atoms with Crippen molar-refractivity contribution in [1.82, 2.24) is 34.9 Å². The summed E-state index contributed by atoms with van der Waals surface area (Å²) in [5.74, 6) is 2.13. The highest BCUT2D eigenvalue weighted by Crippen LogP contribution is 2.34. The minimum atomic E-state index is 0.349. The Kier molecular flexibility index (Phi) is 4.44. The van der Waals surface area contributed by atoms with Crippen LogP contribution in [0.4, 0.5) is 0 Å². The number of methoxy groups -OCH3 is 1. The molecule has 0 aliphatic carbocycles. The third-order valence-electron chi connectivity index (χ3n) is 3.95. The van der Waals surface area contributed by atoms with Crippen molar-refractivity contribution in [2.24, 2.45) is 0 Å². The summed E-state index contributed by atoms with van der Waals surface area (Å²) in [6.07, 6.45) is 4.62. The van der Waals surface area contributed by atoms with Gasteiger partial charge >= 0.3 is 0 Å². The van der Waals surface area contributed by atoms with E-state index >= 15 is 0 Å². The summed E-state index contributed by atoms with van der Waals surface area (Å²) < 4.78 is 14.7. The number of H-pyrrole nitrogens is 1. The van der Waals surface area contributed by atoms with E-state index in [0.717, 1.165) is 0 Å². The predicted molar refractivity (Wildman–Crippen MR) is 95.3 cm³/mol. The van der Waals surface area contributed by atoms with Crippen molar-refractivity contribution in [3.63, 3.8) is 0 Å². The first-order valence-corrected chi connectivity index (χ1v) is 8.25. The highest BCUT2D eigenvalue weighted by Gasteiger charge is 2.22. The largest absolute Gasteiger partial charge is 0.493 e. The lowest BCUT2D eigenvalue weighted by atomic mass is 10.3. The summed E-state index contributed by atoms with van der Waals surface area (Å²) in [5, 5.41) is 18.7. The van der Waals surface area contributed by atoms with E-state index in [1.54, 1.807) is 34.8 Å². The lowest BCUT2D eigenvalue weighted by Crippen LogP contribution is -2.15. The molecule has 0 aliphatic heterocycles. The van der Waals surface area contributed by atoms with E-state index in [2.05, 4.69) is 25.7 Å². The number of para-hydroxylation sites is 2. The minimum Gasteiger partial charge on any atom is -0.493 e. The van der Waals surface area contributed by atoms with Crippen LogP contribution in [0.3, 0.4) is 0 Å². The van der Waals surface area contributed by atoms with Gasteiger partial charge in [0.25, 0.3) is 5.88 Å². The van der Waals surface area contributed by atoms with Gasteiger partial charge in [-0.15, -0.1) is 5.10 Å². The van der Waals surface area contributed by atoms with Gasteiger partial charge in [-0.1, -0.05) is 12.1 Å². The summed E-state index contributed by atoms with van der Waals surface area (Å²) in [4.78, 5) is 10.5. The number of ether oxygens (including phenoxy) is 2. The van der Waals surface area contributed by atoms with E-state index in [1.165, 1.54) is 0 Å². The van der Waals surface area contributed by atoms with Crippen molar-refractivity contribution >= 4 is 12.1 Å². The normalized spacial score (nSPS) is 10.9. The fourth-order valence-corrected chi connectivity index (χ4v) is 2.73. The monoisotopic (exact) mass is 367 g/mol. The minimum absolute atomic E-state index is 0.349. The zero-order valence-corrected chi connectivity index (χ0v) is 14.5. The number of carbonyl (C=O) groups is 1. The zero-order valence-electron chi connectivity index (χ0n) is 14.5. The van der Waals surface area contributed by atoms with Crippen LogP contribution in [0.2, 0.25) is 0 Å². The summed E-state index contributed by atoms with van der Waals surface area (Å²) in [6.45, 7) is 0.448. The highest BCUT2D eigenvalue weighted by atomic mass is 16.5. The summed E-state index contributed by atoms with van der Waals surface area (Å²) in [5.41, 5.74) is 1.25. The van der Waals surface area contributed by atoms with Crippen LogP contribution < -0.4 is 14.8 Å². The van der Waals surface area contributed by atoms with Crippen LogP contribution in [0.25, 0.3) is 11.3 Å². The molecule has 0 saturated heterocycles. The van der Waals surface area contributed by atoms with Gasteiger partial charge in [0.1, 0.15) is 0 Å². The van der Waals surface area contributed by atoms with E-state index in [-0.39, 0.29) is 0 Å². The van der Waals surface area contributed by atoms with Gasteiger partial charge in [0.2, 0.25) is 6.41 Å². The molecular weight excluding hydrogens is 350 g/mol. The van der Waals surface area contributed by atoms with Crippen molar-refractivity contribution in [3.05, 3.63) is 48.5 Å². The number of aromatic nitrogens is 6. The molecule has 0 fully saturated rings. The number of fused-ring (bicyclic) bond motifs is 1. The molecule has 0 spiro atoms. The second kappa shape index (κ2) is 7.20. The van der Waals surface area contributed by atoms with Crippen molar-refractivity contribution in [2.45, 2.75) is 6.42 Å². The number of hydrogen-bond donors (Lipinski definition) is 2. The van der Waals surface area contributed by atoms with E-state index in [0.29, 0.717) is 53.9 Å². The van der Waals surface area contributed by atoms with Crippen LogP contribution in [-0.2, 0) is 11.2 Å². The number of rotatable bonds is 8. The first-order chi connectivity index (χ1) is 13.3. The molecule has 1 amide bonds. The van der Waals surface area contributed by atoms with Crippen LogP contribution in [0.5, 0.6) is 17.4 Å². The lowest BCUT2D eigenvalue weighted by molar-refractivity contribution is -0.109. The molecule has 3 heterocycles. The van der Waals surface area contributed by atoms with Crippen molar-refractivity contribution in [2.75, 3.05) is 13.7 Å². The summed E-state index contributed by atoms with van der Waals surface area (Å²) in [6, 6.07) is 9.13. The van der Waals surface area contributed by atoms with Crippen LogP contribution in [0.1, 0.15) is 5.82 Å². The molecule has 0 bridgehead atoms. The second-order valence-electron chi connectivity index (χ2n) is 5.58. The van der Waals surface area contributed by atoms with E-state index in [1.807, 2.05) is 24.3 Å². The Morgan fingerprint density at radius 1 is 1.26 bits per heavy atom. The molecule has 4 aromatic rings. The third kappa shape index (κ3) is 3.08. The molecular formula is C17H17N7O3. The van der Waals surface area contributed by atoms with Gasteiger partial charge in [-0.25, -0.2) is 4.68 Å². The fourth-order valence-electron chi connectivity index (χ4n) is 2.73. The second-order valence-corrected chi connectivity index (χ2v) is 5.58. The van der Waals surface area contributed by atoms with Gasteiger partial charge in [0.05, 0.1) is 7.11 Å². The molecule has 2 N–H and O–H groups in total. The van der Waals surface area contributed by atoms with E-state index in [4.69, 9.17) is 9.47 Å². The molecule has 1 aromatic carbocycles. The first-order valence-electron chi connectivity index (χ1n) is 8.25. The molecule has 3 aromatic heterocycles. The smallest absolute Gasteiger partial charge is 0.267 e. The number of nitrogens with zero attached hydrogens (tertiary/aromatic N) is 5. The molecule has 4 rings (SSSR count). The Morgan fingerprint density at radius 2 is 2.11 bits per heavy atom. The molecule has 138 valence electrons. The van der Waals surface area contributed by atoms with Crippen LogP contribution >= 0.6 is 0 Å². The quantitative estimate of drug-likeness (QED) is 0.359. The molecule has 27 heavy (non-hydrogen) atoms. The molecule has 0 unspecified atom stereocenters. The molecule has 0 atom stereocenters. The van der Waals surface area contributed by atoms with Gasteiger partial charge < -0.3 is 14.8 Å². The number of hydrogen-bond acceptors (Lipinski definition) is 6. The number of benzene rings is 1. The Balaban J connectivity index is 1.78. The number of nitrogens with one attached hydrogen (secondary N) is 2. The molecule has 10 nitrogen and oxygen atoms in total. The lowest BCUT2D eigenvalue weighted by Gasteiger charge is -2.09. The van der Waals surface area contributed by atoms with Gasteiger partial charge in [-0.05, 0) is 18.2 Å². The standard InChI is InChI=1S/C17H17N7O3/c1-26-12-5-2-3-6-13(12)27-17-15(23-10-4-8-19-23)16-21-20-14(24(16)22-17)7-9-18-11-25/h2-6,8,10-11,21H,7,9H2,1H3,(H,18,25). The van der Waals surface area contributed by atoms with E-state index in [9.17, 15) is 4.79 Å². The van der Waals surface area contributed by atoms with Gasteiger partial charge in [-0.3, -0.25) is 9.89 Å². The van der Waals surface area contributed by atoms with Crippen LogP contribution in [0, 0.1) is 0 Å². The Labute approximate surface area is 153 Å². The maximum Gasteiger partial charge on any atom is 0.267 e. The van der Waals surface area contributed by atoms with E-state index < -0.39 is 0 Å². The molecule has 0 aliphatic rings. The number of carbonyl (C=O) groups excluding carboxylic acids is 1. The van der Waals surface area contributed by atoms with Gasteiger partial charge in [-0.2, -0.15) is 14.7 Å². The number of amides is 1. The van der Waals surface area contributed by atoms with Crippen molar-refractivity contribution in [3.8, 4) is 23.1 Å². The predicted octanol–water partition coefficient (Wildman–Crippen LogP) is 1.33. The van der Waals surface area contributed by atoms with Gasteiger partial charge in [0, 0.05) is 25.4 Å². The van der Waals surface area contributed by atoms with Crippen LogP contribution in [0.15, 0.2) is 42.7 Å². The average Bonchev–Trinajstić information content (AvgIpc) is 3.40. The molecule has 10 heteroatoms.